The summed E-state index contributed by atoms with van der Waals surface area (Å²) in [5, 5.41) is 7.53. The van der Waals surface area contributed by atoms with Crippen LogP contribution in [0, 0.1) is 0 Å². The van der Waals surface area contributed by atoms with Crippen LogP contribution >= 0.6 is 23.2 Å². The Kier molecular flexibility index (Phi) is 7.78. The molecule has 0 aromatic heterocycles. The average molecular weight is 312 g/mol. The lowest BCUT2D eigenvalue weighted by Gasteiger charge is -2.33. The van der Waals surface area contributed by atoms with Crippen LogP contribution in [-0.4, -0.2) is 41.7 Å². The van der Waals surface area contributed by atoms with Crippen molar-refractivity contribution in [1.29, 1.82) is 0 Å². The van der Waals surface area contributed by atoms with Crippen molar-refractivity contribution in [2.45, 2.75) is 37.1 Å². The fourth-order valence-corrected chi connectivity index (χ4v) is 2.19. The second-order valence-electron chi connectivity index (χ2n) is 4.12. The smallest absolute Gasteiger partial charge is 0.248 e. The van der Waals surface area contributed by atoms with Crippen molar-refractivity contribution >= 4 is 40.9 Å². The lowest BCUT2D eigenvalue weighted by molar-refractivity contribution is -0.132. The number of carbonyl (C=O) groups excluding carboxylic acids is 3. The number of hydrogen-bond donors (Lipinski definition) is 3. The zero-order chi connectivity index (χ0) is 15.1. The molecule has 1 atom stereocenters. The fourth-order valence-electron chi connectivity index (χ4n) is 1.66. The van der Waals surface area contributed by atoms with E-state index in [4.69, 9.17) is 23.2 Å². The van der Waals surface area contributed by atoms with Gasteiger partial charge in [0.05, 0.1) is 0 Å². The van der Waals surface area contributed by atoms with Gasteiger partial charge in [0.25, 0.3) is 0 Å². The first kappa shape index (κ1) is 18.0. The van der Waals surface area contributed by atoms with Gasteiger partial charge in [0.1, 0.15) is 10.4 Å². The Morgan fingerprint density at radius 1 is 1.16 bits per heavy atom. The summed E-state index contributed by atoms with van der Waals surface area (Å²) in [6.07, 6.45) is 0.660. The summed E-state index contributed by atoms with van der Waals surface area (Å²) in [5.74, 6) is -1.05. The highest BCUT2D eigenvalue weighted by atomic mass is 35.5. The minimum Gasteiger partial charge on any atom is -0.357 e. The number of carbonyl (C=O) groups is 3. The van der Waals surface area contributed by atoms with Gasteiger partial charge in [-0.1, -0.05) is 0 Å². The first-order valence-corrected chi connectivity index (χ1v) is 6.67. The summed E-state index contributed by atoms with van der Waals surface area (Å²) >= 11 is 11.7. The number of halogens is 2. The van der Waals surface area contributed by atoms with E-state index in [-0.39, 0.29) is 12.3 Å². The first-order chi connectivity index (χ1) is 8.76. The fraction of sp³-hybridized carbons (Fsp3) is 0.727. The maximum atomic E-state index is 12.0. The molecular weight excluding hydrogens is 293 g/mol. The zero-order valence-electron chi connectivity index (χ0n) is 11.2. The molecule has 0 heterocycles. The average Bonchev–Trinajstić information content (AvgIpc) is 2.30. The van der Waals surface area contributed by atoms with Crippen molar-refractivity contribution < 1.29 is 14.4 Å². The lowest BCUT2D eigenvalue weighted by Crippen LogP contribution is -2.62. The van der Waals surface area contributed by atoms with E-state index in [1.807, 2.05) is 0 Å². The molecule has 6 nitrogen and oxygen atoms in total. The number of likely N-dealkylation sites (N-methyl/N-ethyl adjacent to an activating group) is 1. The number of hydrogen-bond acceptors (Lipinski definition) is 3. The third-order valence-electron chi connectivity index (χ3n) is 2.53. The molecule has 0 fully saturated rings. The Hall–Kier alpha value is -1.01. The van der Waals surface area contributed by atoms with Crippen LogP contribution in [0.15, 0.2) is 0 Å². The lowest BCUT2D eigenvalue weighted by atomic mass is 9.93. The Bertz CT molecular complexity index is 350. The molecule has 0 rings (SSSR count). The Morgan fingerprint density at radius 2 is 1.74 bits per heavy atom. The molecule has 8 heteroatoms. The molecule has 0 saturated carbocycles. The van der Waals surface area contributed by atoms with Gasteiger partial charge >= 0.3 is 0 Å². The topological polar surface area (TPSA) is 87.3 Å². The summed E-state index contributed by atoms with van der Waals surface area (Å²) in [4.78, 5) is 32.9. The Balaban J connectivity index is 4.85. The molecule has 0 aromatic rings. The monoisotopic (exact) mass is 311 g/mol. The van der Waals surface area contributed by atoms with Gasteiger partial charge in [-0.05, 0) is 12.8 Å². The van der Waals surface area contributed by atoms with E-state index in [0.29, 0.717) is 13.0 Å². The number of alkyl halides is 2. The van der Waals surface area contributed by atoms with Crippen LogP contribution in [-0.2, 0) is 14.4 Å². The van der Waals surface area contributed by atoms with E-state index in [9.17, 15) is 14.4 Å². The SMILES string of the molecule is CNC(=O)C(CCCNC(C)=O)(NC(C)=O)C(Cl)Cl. The van der Waals surface area contributed by atoms with Crippen molar-refractivity contribution in [2.24, 2.45) is 0 Å². The summed E-state index contributed by atoms with van der Waals surface area (Å²) in [6, 6.07) is 0. The van der Waals surface area contributed by atoms with Gasteiger partial charge in [0.15, 0.2) is 0 Å². The van der Waals surface area contributed by atoms with Crippen molar-refractivity contribution in [3.63, 3.8) is 0 Å². The number of amides is 3. The van der Waals surface area contributed by atoms with Crippen molar-refractivity contribution in [3.05, 3.63) is 0 Å². The maximum absolute atomic E-state index is 12.0. The molecule has 0 aromatic carbocycles. The van der Waals surface area contributed by atoms with E-state index in [1.165, 1.54) is 20.9 Å². The highest BCUT2D eigenvalue weighted by Gasteiger charge is 2.44. The highest BCUT2D eigenvalue weighted by molar-refractivity contribution is 6.46. The molecule has 0 aliphatic rings. The van der Waals surface area contributed by atoms with Crippen LogP contribution in [0.5, 0.6) is 0 Å². The molecule has 0 saturated heterocycles. The second kappa shape index (κ2) is 8.22. The van der Waals surface area contributed by atoms with E-state index in [1.54, 1.807) is 0 Å². The highest BCUT2D eigenvalue weighted by Crippen LogP contribution is 2.26. The molecule has 0 aliphatic carbocycles. The predicted molar refractivity (Wildman–Crippen MR) is 74.0 cm³/mol. The number of nitrogens with one attached hydrogen (secondary N) is 3. The summed E-state index contributed by atoms with van der Waals surface area (Å²) in [6.45, 7) is 3.04. The zero-order valence-corrected chi connectivity index (χ0v) is 12.7. The van der Waals surface area contributed by atoms with Gasteiger partial charge in [-0.25, -0.2) is 0 Å². The normalized spacial score (nSPS) is 13.6. The van der Waals surface area contributed by atoms with E-state index < -0.39 is 22.2 Å². The molecule has 1 unspecified atom stereocenters. The maximum Gasteiger partial charge on any atom is 0.248 e. The second-order valence-corrected chi connectivity index (χ2v) is 5.22. The van der Waals surface area contributed by atoms with E-state index >= 15 is 0 Å². The summed E-state index contributed by atoms with van der Waals surface area (Å²) in [5.41, 5.74) is -1.40. The van der Waals surface area contributed by atoms with Gasteiger partial charge in [-0.2, -0.15) is 0 Å². The van der Waals surface area contributed by atoms with Crippen molar-refractivity contribution in [2.75, 3.05) is 13.6 Å². The van der Waals surface area contributed by atoms with E-state index in [0.717, 1.165) is 0 Å². The van der Waals surface area contributed by atoms with E-state index in [2.05, 4.69) is 16.0 Å². The molecule has 0 radical (unpaired) electrons. The molecule has 3 amide bonds. The minimum absolute atomic E-state index is 0.168. The predicted octanol–water partition coefficient (Wildman–Crippen LogP) is 0.327. The third-order valence-corrected chi connectivity index (χ3v) is 3.27. The van der Waals surface area contributed by atoms with Crippen LogP contribution < -0.4 is 16.0 Å². The summed E-state index contributed by atoms with van der Waals surface area (Å²) < 4.78 is 0. The third kappa shape index (κ3) is 5.65. The molecule has 19 heavy (non-hydrogen) atoms. The van der Waals surface area contributed by atoms with Crippen molar-refractivity contribution in [1.82, 2.24) is 16.0 Å². The molecule has 0 bridgehead atoms. The first-order valence-electron chi connectivity index (χ1n) is 5.79. The van der Waals surface area contributed by atoms with Crippen LogP contribution in [0.4, 0.5) is 0 Å². The minimum atomic E-state index is -1.40. The van der Waals surface area contributed by atoms with Crippen LogP contribution in [0.1, 0.15) is 26.7 Å². The van der Waals surface area contributed by atoms with Crippen LogP contribution in [0.2, 0.25) is 0 Å². The van der Waals surface area contributed by atoms with Crippen LogP contribution in [0.25, 0.3) is 0 Å². The molecule has 110 valence electrons. The molecular formula is C11H19Cl2N3O3. The summed E-state index contributed by atoms with van der Waals surface area (Å²) in [7, 11) is 1.43. The van der Waals surface area contributed by atoms with Gasteiger partial charge < -0.3 is 16.0 Å². The molecule has 0 aliphatic heterocycles. The van der Waals surface area contributed by atoms with Gasteiger partial charge in [-0.15, -0.1) is 23.2 Å². The Morgan fingerprint density at radius 3 is 2.11 bits per heavy atom. The quantitative estimate of drug-likeness (QED) is 0.467. The molecule has 0 spiro atoms. The standard InChI is InChI=1S/C11H19Cl2N3O3/c1-7(17)15-6-4-5-11(9(12)13,10(19)14-3)16-8(2)18/h9H,4-6H2,1-3H3,(H,14,19)(H,15,17)(H,16,18). The number of rotatable bonds is 7. The van der Waals surface area contributed by atoms with Crippen LogP contribution in [0.3, 0.4) is 0 Å². The largest absolute Gasteiger partial charge is 0.357 e. The van der Waals surface area contributed by atoms with Gasteiger partial charge in [-0.3, -0.25) is 14.4 Å². The molecule has 3 N–H and O–H groups in total. The Labute approximate surface area is 122 Å². The van der Waals surface area contributed by atoms with Gasteiger partial charge in [0.2, 0.25) is 17.7 Å². The van der Waals surface area contributed by atoms with Crippen molar-refractivity contribution in [3.8, 4) is 0 Å². The van der Waals surface area contributed by atoms with Gasteiger partial charge in [0, 0.05) is 27.4 Å².